The molecule has 3 rings (SSSR count). The molecule has 1 saturated heterocycles. The van der Waals surface area contributed by atoms with Crippen molar-refractivity contribution >= 4 is 0 Å². The first-order valence-electron chi connectivity index (χ1n) is 6.33. The van der Waals surface area contributed by atoms with Crippen LogP contribution in [0.15, 0.2) is 24.3 Å². The van der Waals surface area contributed by atoms with Crippen molar-refractivity contribution in [3.8, 4) is 0 Å². The number of allylic oxidation sites excluding steroid dienone is 2. The largest absolute Gasteiger partial charge is 0.371 e. The lowest BCUT2D eigenvalue weighted by molar-refractivity contribution is -0.0612. The summed E-state index contributed by atoms with van der Waals surface area (Å²) in [4.78, 5) is 0. The third-order valence-electron chi connectivity index (χ3n) is 4.62. The van der Waals surface area contributed by atoms with Crippen LogP contribution in [0.25, 0.3) is 0 Å². The van der Waals surface area contributed by atoms with E-state index < -0.39 is 0 Å². The van der Waals surface area contributed by atoms with Gasteiger partial charge < -0.3 is 4.74 Å². The zero-order valence-electron chi connectivity index (χ0n) is 9.49. The minimum absolute atomic E-state index is 0.191. The van der Waals surface area contributed by atoms with Gasteiger partial charge in [-0.3, -0.25) is 0 Å². The smallest absolute Gasteiger partial charge is 0.0752 e. The molecule has 0 radical (unpaired) electrons. The summed E-state index contributed by atoms with van der Waals surface area (Å²) in [5, 5.41) is 0. The molecule has 1 aliphatic heterocycles. The van der Waals surface area contributed by atoms with Crippen molar-refractivity contribution < 1.29 is 4.74 Å². The molecule has 3 aliphatic rings. The lowest BCUT2D eigenvalue weighted by Gasteiger charge is -2.36. The molecule has 82 valence electrons. The SMILES string of the molecule is CCC12CC=CCC1C1CC=CCC1O2. The maximum Gasteiger partial charge on any atom is 0.0752 e. The molecule has 1 nitrogen and oxygen atoms in total. The first-order chi connectivity index (χ1) is 7.36. The standard InChI is InChI=1S/C14H20O/c1-2-14-10-6-5-8-12(14)11-7-3-4-9-13(11)15-14/h3-6,11-13H,2,7-10H2,1H3. The second-order valence-electron chi connectivity index (χ2n) is 5.20. The van der Waals surface area contributed by atoms with Gasteiger partial charge >= 0.3 is 0 Å². The number of rotatable bonds is 1. The van der Waals surface area contributed by atoms with Gasteiger partial charge in [0.15, 0.2) is 0 Å². The van der Waals surface area contributed by atoms with Gasteiger partial charge in [-0.2, -0.15) is 0 Å². The van der Waals surface area contributed by atoms with Crippen LogP contribution in [-0.4, -0.2) is 11.7 Å². The maximum atomic E-state index is 6.40. The minimum Gasteiger partial charge on any atom is -0.371 e. The van der Waals surface area contributed by atoms with E-state index in [9.17, 15) is 0 Å². The summed E-state index contributed by atoms with van der Waals surface area (Å²) < 4.78 is 6.40. The predicted molar refractivity (Wildman–Crippen MR) is 61.6 cm³/mol. The van der Waals surface area contributed by atoms with Crippen molar-refractivity contribution in [3.05, 3.63) is 24.3 Å². The highest BCUT2D eigenvalue weighted by Gasteiger charge is 2.52. The molecule has 0 aromatic carbocycles. The highest BCUT2D eigenvalue weighted by molar-refractivity contribution is 5.13. The summed E-state index contributed by atoms with van der Waals surface area (Å²) in [7, 11) is 0. The average Bonchev–Trinajstić information content (AvgIpc) is 2.64. The van der Waals surface area contributed by atoms with Crippen LogP contribution in [0.3, 0.4) is 0 Å². The van der Waals surface area contributed by atoms with Crippen molar-refractivity contribution in [2.45, 2.75) is 50.7 Å². The van der Waals surface area contributed by atoms with Crippen LogP contribution >= 0.6 is 0 Å². The predicted octanol–water partition coefficient (Wildman–Crippen LogP) is 3.47. The second-order valence-corrected chi connectivity index (χ2v) is 5.20. The summed E-state index contributed by atoms with van der Waals surface area (Å²) in [5.41, 5.74) is 0.191. The number of hydrogen-bond acceptors (Lipinski definition) is 1. The third kappa shape index (κ3) is 1.32. The molecule has 1 heterocycles. The zero-order valence-corrected chi connectivity index (χ0v) is 9.49. The summed E-state index contributed by atoms with van der Waals surface area (Å²) in [6.07, 6.45) is 15.8. The van der Waals surface area contributed by atoms with Crippen LogP contribution in [-0.2, 0) is 4.74 Å². The fraction of sp³-hybridized carbons (Fsp3) is 0.714. The second kappa shape index (κ2) is 3.48. The summed E-state index contributed by atoms with van der Waals surface area (Å²) in [6.45, 7) is 2.29. The fourth-order valence-corrected chi connectivity index (χ4v) is 3.75. The first kappa shape index (κ1) is 9.65. The molecule has 0 saturated carbocycles. The highest BCUT2D eigenvalue weighted by Crippen LogP contribution is 2.52. The van der Waals surface area contributed by atoms with Crippen molar-refractivity contribution in [2.75, 3.05) is 0 Å². The Bertz CT molecular complexity index is 304. The Morgan fingerprint density at radius 1 is 1.13 bits per heavy atom. The van der Waals surface area contributed by atoms with E-state index >= 15 is 0 Å². The molecule has 2 aliphatic carbocycles. The van der Waals surface area contributed by atoms with E-state index in [1.54, 1.807) is 0 Å². The molecule has 0 N–H and O–H groups in total. The van der Waals surface area contributed by atoms with Gasteiger partial charge in [0.2, 0.25) is 0 Å². The monoisotopic (exact) mass is 204 g/mol. The summed E-state index contributed by atoms with van der Waals surface area (Å²) in [5.74, 6) is 1.57. The normalized spacial score (nSPS) is 47.7. The number of hydrogen-bond donors (Lipinski definition) is 0. The Kier molecular flexibility index (Phi) is 2.24. The van der Waals surface area contributed by atoms with Crippen LogP contribution in [0.4, 0.5) is 0 Å². The van der Waals surface area contributed by atoms with E-state index in [4.69, 9.17) is 4.74 Å². The Balaban J connectivity index is 1.92. The molecule has 4 atom stereocenters. The number of fused-ring (bicyclic) bond motifs is 3. The molecule has 1 fully saturated rings. The average molecular weight is 204 g/mol. The van der Waals surface area contributed by atoms with Crippen LogP contribution < -0.4 is 0 Å². The van der Waals surface area contributed by atoms with Gasteiger partial charge in [-0.1, -0.05) is 31.2 Å². The molecule has 15 heavy (non-hydrogen) atoms. The van der Waals surface area contributed by atoms with Gasteiger partial charge in [0.25, 0.3) is 0 Å². The first-order valence-corrected chi connectivity index (χ1v) is 6.33. The topological polar surface area (TPSA) is 9.23 Å². The molecule has 0 aromatic rings. The lowest BCUT2D eigenvalue weighted by Crippen LogP contribution is -2.37. The molecule has 4 unspecified atom stereocenters. The van der Waals surface area contributed by atoms with Crippen molar-refractivity contribution in [1.29, 1.82) is 0 Å². The fourth-order valence-electron chi connectivity index (χ4n) is 3.75. The Morgan fingerprint density at radius 2 is 1.93 bits per heavy atom. The lowest BCUT2D eigenvalue weighted by atomic mass is 9.70. The van der Waals surface area contributed by atoms with Crippen LogP contribution in [0.2, 0.25) is 0 Å². The molecule has 1 heteroatoms. The van der Waals surface area contributed by atoms with E-state index in [0.717, 1.165) is 24.7 Å². The van der Waals surface area contributed by atoms with E-state index in [1.165, 1.54) is 19.3 Å². The molecular weight excluding hydrogens is 184 g/mol. The van der Waals surface area contributed by atoms with Gasteiger partial charge in [0.1, 0.15) is 0 Å². The Hall–Kier alpha value is -0.560. The van der Waals surface area contributed by atoms with Crippen molar-refractivity contribution in [2.24, 2.45) is 11.8 Å². The van der Waals surface area contributed by atoms with Crippen molar-refractivity contribution in [1.82, 2.24) is 0 Å². The Morgan fingerprint density at radius 3 is 2.80 bits per heavy atom. The van der Waals surface area contributed by atoms with Crippen LogP contribution in [0.1, 0.15) is 39.0 Å². The van der Waals surface area contributed by atoms with Crippen LogP contribution in [0.5, 0.6) is 0 Å². The molecular formula is C14H20O. The minimum atomic E-state index is 0.191. The maximum absolute atomic E-state index is 6.40. The van der Waals surface area contributed by atoms with Gasteiger partial charge in [-0.25, -0.2) is 0 Å². The third-order valence-corrected chi connectivity index (χ3v) is 4.62. The quantitative estimate of drug-likeness (QED) is 0.594. The molecule has 0 bridgehead atoms. The molecule has 0 aromatic heterocycles. The van der Waals surface area contributed by atoms with Crippen LogP contribution in [0, 0.1) is 11.8 Å². The summed E-state index contributed by atoms with van der Waals surface area (Å²) >= 11 is 0. The Labute approximate surface area is 92.2 Å². The van der Waals surface area contributed by atoms with E-state index in [1.807, 2.05) is 0 Å². The van der Waals surface area contributed by atoms with Gasteiger partial charge in [0.05, 0.1) is 11.7 Å². The molecule has 0 amide bonds. The number of ether oxygens (including phenoxy) is 1. The van der Waals surface area contributed by atoms with E-state index in [2.05, 4.69) is 31.2 Å². The summed E-state index contributed by atoms with van der Waals surface area (Å²) in [6, 6.07) is 0. The van der Waals surface area contributed by atoms with Gasteiger partial charge in [-0.15, -0.1) is 0 Å². The van der Waals surface area contributed by atoms with E-state index in [-0.39, 0.29) is 5.60 Å². The van der Waals surface area contributed by atoms with Gasteiger partial charge in [-0.05, 0) is 43.9 Å². The molecule has 0 spiro atoms. The zero-order chi connectivity index (χ0) is 10.3. The highest BCUT2D eigenvalue weighted by atomic mass is 16.5. The van der Waals surface area contributed by atoms with Crippen molar-refractivity contribution in [3.63, 3.8) is 0 Å². The van der Waals surface area contributed by atoms with Gasteiger partial charge in [0, 0.05) is 0 Å². The van der Waals surface area contributed by atoms with E-state index in [0.29, 0.717) is 6.10 Å².